The smallest absolute Gasteiger partial charge is 0.225 e. The van der Waals surface area contributed by atoms with Crippen LogP contribution in [0.25, 0.3) is 33.5 Å². The molecule has 6 rings (SSSR count). The Morgan fingerprint density at radius 3 is 2.65 bits per heavy atom. The lowest BCUT2D eigenvalue weighted by Gasteiger charge is -2.17. The monoisotopic (exact) mass is 412 g/mol. The standard InChI is InChI=1S/C25H24N4O2/c30-25(20-5-6-20)28-11-9-17(14-28)15-29-16-26-27-24(29)19-3-1-18(2-4-19)21-7-8-23-22(13-21)10-12-31-23/h1-4,7-8,10,12-13,16-17,20H,5-6,9,11,14-15H2/t17-/m0/s1. The van der Waals surface area contributed by atoms with Gasteiger partial charge in [-0.05, 0) is 54.5 Å². The predicted octanol–water partition coefficient (Wildman–Crippen LogP) is 4.62. The van der Waals surface area contributed by atoms with Gasteiger partial charge in [-0.1, -0.05) is 30.3 Å². The molecule has 0 N–H and O–H groups in total. The van der Waals surface area contributed by atoms with Crippen LogP contribution < -0.4 is 0 Å². The Bertz CT molecular complexity index is 1240. The second-order valence-corrected chi connectivity index (χ2v) is 8.77. The number of nitrogens with zero attached hydrogens (tertiary/aromatic N) is 4. The summed E-state index contributed by atoms with van der Waals surface area (Å²) >= 11 is 0. The third-order valence-electron chi connectivity index (χ3n) is 6.52. The van der Waals surface area contributed by atoms with Gasteiger partial charge in [0.25, 0.3) is 0 Å². The van der Waals surface area contributed by atoms with Crippen LogP contribution in [-0.4, -0.2) is 38.7 Å². The van der Waals surface area contributed by atoms with Crippen LogP contribution >= 0.6 is 0 Å². The SMILES string of the molecule is O=C(C1CC1)N1CC[C@H](Cn2cnnc2-c2ccc(-c3ccc4occc4c3)cc2)C1. The Morgan fingerprint density at radius 1 is 1.00 bits per heavy atom. The first-order valence-electron chi connectivity index (χ1n) is 11.0. The fourth-order valence-corrected chi connectivity index (χ4v) is 4.62. The average molecular weight is 412 g/mol. The number of hydrogen-bond donors (Lipinski definition) is 0. The van der Waals surface area contributed by atoms with Crippen molar-refractivity contribution in [1.82, 2.24) is 19.7 Å². The molecule has 0 unspecified atom stereocenters. The molecule has 2 fully saturated rings. The Hall–Kier alpha value is -3.41. The van der Waals surface area contributed by atoms with E-state index in [1.165, 1.54) is 0 Å². The van der Waals surface area contributed by atoms with Gasteiger partial charge in [-0.15, -0.1) is 10.2 Å². The summed E-state index contributed by atoms with van der Waals surface area (Å²) in [6.07, 6.45) is 6.71. The summed E-state index contributed by atoms with van der Waals surface area (Å²) in [5.74, 6) is 2.00. The van der Waals surface area contributed by atoms with Gasteiger partial charge in [0, 0.05) is 36.5 Å². The zero-order valence-corrected chi connectivity index (χ0v) is 17.3. The van der Waals surface area contributed by atoms with Crippen LogP contribution in [0.5, 0.6) is 0 Å². The predicted molar refractivity (Wildman–Crippen MR) is 118 cm³/mol. The lowest BCUT2D eigenvalue weighted by atomic mass is 10.0. The van der Waals surface area contributed by atoms with Crippen molar-refractivity contribution >= 4 is 16.9 Å². The van der Waals surface area contributed by atoms with Crippen LogP contribution in [0.1, 0.15) is 19.3 Å². The first-order valence-corrected chi connectivity index (χ1v) is 11.0. The van der Waals surface area contributed by atoms with Crippen LogP contribution in [0.15, 0.2) is 65.5 Å². The van der Waals surface area contributed by atoms with Gasteiger partial charge in [-0.25, -0.2) is 0 Å². The number of rotatable bonds is 5. The highest BCUT2D eigenvalue weighted by molar-refractivity contribution is 5.84. The molecule has 2 aromatic heterocycles. The maximum absolute atomic E-state index is 12.3. The molecule has 0 spiro atoms. The minimum atomic E-state index is 0.303. The van der Waals surface area contributed by atoms with Gasteiger partial charge in [0.2, 0.25) is 5.91 Å². The highest BCUT2D eigenvalue weighted by Crippen LogP contribution is 2.33. The molecule has 0 radical (unpaired) electrons. The van der Waals surface area contributed by atoms with Crippen molar-refractivity contribution in [3.05, 3.63) is 61.1 Å². The summed E-state index contributed by atoms with van der Waals surface area (Å²) in [5, 5.41) is 9.64. The van der Waals surface area contributed by atoms with E-state index in [2.05, 4.69) is 56.1 Å². The van der Waals surface area contributed by atoms with Gasteiger partial charge in [0.1, 0.15) is 11.9 Å². The number of aromatic nitrogens is 3. The summed E-state index contributed by atoms with van der Waals surface area (Å²) in [7, 11) is 0. The summed E-state index contributed by atoms with van der Waals surface area (Å²) in [5.41, 5.74) is 4.27. The molecule has 0 bridgehead atoms. The number of hydrogen-bond acceptors (Lipinski definition) is 4. The summed E-state index contributed by atoms with van der Waals surface area (Å²) in [6, 6.07) is 16.7. The van der Waals surface area contributed by atoms with Crippen molar-refractivity contribution in [3.63, 3.8) is 0 Å². The van der Waals surface area contributed by atoms with Crippen LogP contribution in [-0.2, 0) is 11.3 Å². The quantitative estimate of drug-likeness (QED) is 0.480. The molecular weight excluding hydrogens is 388 g/mol. The number of furan rings is 1. The van der Waals surface area contributed by atoms with E-state index in [1.54, 1.807) is 12.6 Å². The van der Waals surface area contributed by atoms with Gasteiger partial charge >= 0.3 is 0 Å². The molecule has 6 heteroatoms. The van der Waals surface area contributed by atoms with E-state index in [0.717, 1.165) is 72.4 Å². The van der Waals surface area contributed by atoms with Crippen LogP contribution in [0.2, 0.25) is 0 Å². The summed E-state index contributed by atoms with van der Waals surface area (Å²) in [4.78, 5) is 14.4. The third-order valence-corrected chi connectivity index (χ3v) is 6.52. The first-order chi connectivity index (χ1) is 15.2. The van der Waals surface area contributed by atoms with Crippen molar-refractivity contribution in [2.24, 2.45) is 11.8 Å². The zero-order valence-electron chi connectivity index (χ0n) is 17.3. The van der Waals surface area contributed by atoms with Gasteiger partial charge in [0.05, 0.1) is 6.26 Å². The maximum atomic E-state index is 12.3. The van der Waals surface area contributed by atoms with E-state index in [4.69, 9.17) is 4.42 Å². The van der Waals surface area contributed by atoms with Crippen molar-refractivity contribution in [2.75, 3.05) is 13.1 Å². The van der Waals surface area contributed by atoms with Crippen molar-refractivity contribution < 1.29 is 9.21 Å². The Kier molecular flexibility index (Phi) is 4.37. The van der Waals surface area contributed by atoms with Gasteiger partial charge in [-0.3, -0.25) is 4.79 Å². The number of likely N-dealkylation sites (tertiary alicyclic amines) is 1. The zero-order chi connectivity index (χ0) is 20.8. The molecule has 1 aliphatic heterocycles. The molecular formula is C25H24N4O2. The van der Waals surface area contributed by atoms with Crippen LogP contribution in [0, 0.1) is 11.8 Å². The molecule has 1 saturated carbocycles. The van der Waals surface area contributed by atoms with E-state index < -0.39 is 0 Å². The summed E-state index contributed by atoms with van der Waals surface area (Å²) < 4.78 is 7.57. The molecule has 2 aliphatic rings. The fraction of sp³-hybridized carbons (Fsp3) is 0.320. The number of amides is 1. The van der Waals surface area contributed by atoms with Gasteiger partial charge in [-0.2, -0.15) is 0 Å². The molecule has 1 atom stereocenters. The normalized spacial score (nSPS) is 18.7. The topological polar surface area (TPSA) is 64.2 Å². The first kappa shape index (κ1) is 18.4. The summed E-state index contributed by atoms with van der Waals surface area (Å²) in [6.45, 7) is 2.57. The average Bonchev–Trinajstić information content (AvgIpc) is 3.17. The molecule has 156 valence electrons. The number of carbonyl (C=O) groups excluding carboxylic acids is 1. The second-order valence-electron chi connectivity index (χ2n) is 8.77. The van der Waals surface area contributed by atoms with E-state index >= 15 is 0 Å². The molecule has 3 heterocycles. The lowest BCUT2D eigenvalue weighted by molar-refractivity contribution is -0.131. The largest absolute Gasteiger partial charge is 0.464 e. The lowest BCUT2D eigenvalue weighted by Crippen LogP contribution is -2.30. The highest BCUT2D eigenvalue weighted by atomic mass is 16.3. The van der Waals surface area contributed by atoms with Crippen molar-refractivity contribution in [1.29, 1.82) is 0 Å². The highest BCUT2D eigenvalue weighted by Gasteiger charge is 2.36. The number of carbonyl (C=O) groups is 1. The number of benzene rings is 2. The Labute approximate surface area is 180 Å². The van der Waals surface area contributed by atoms with E-state index in [0.29, 0.717) is 17.7 Å². The van der Waals surface area contributed by atoms with E-state index in [-0.39, 0.29) is 0 Å². The molecule has 6 nitrogen and oxygen atoms in total. The second kappa shape index (κ2) is 7.38. The maximum Gasteiger partial charge on any atom is 0.225 e. The minimum Gasteiger partial charge on any atom is -0.464 e. The number of fused-ring (bicyclic) bond motifs is 1. The van der Waals surface area contributed by atoms with Gasteiger partial charge < -0.3 is 13.9 Å². The molecule has 4 aromatic rings. The van der Waals surface area contributed by atoms with Crippen LogP contribution in [0.4, 0.5) is 0 Å². The third kappa shape index (κ3) is 3.52. The van der Waals surface area contributed by atoms with Gasteiger partial charge in [0.15, 0.2) is 5.82 Å². The van der Waals surface area contributed by atoms with Crippen molar-refractivity contribution in [3.8, 4) is 22.5 Å². The van der Waals surface area contributed by atoms with E-state index in [9.17, 15) is 4.79 Å². The van der Waals surface area contributed by atoms with Crippen molar-refractivity contribution in [2.45, 2.75) is 25.8 Å². The molecule has 1 saturated heterocycles. The molecule has 1 amide bonds. The Morgan fingerprint density at radius 2 is 1.81 bits per heavy atom. The van der Waals surface area contributed by atoms with Crippen LogP contribution in [0.3, 0.4) is 0 Å². The molecule has 2 aromatic carbocycles. The fourth-order valence-electron chi connectivity index (χ4n) is 4.62. The minimum absolute atomic E-state index is 0.303. The molecule has 1 aliphatic carbocycles. The van der Waals surface area contributed by atoms with E-state index in [1.807, 2.05) is 12.1 Å². The molecule has 31 heavy (non-hydrogen) atoms. The Balaban J connectivity index is 1.18.